The second-order valence-corrected chi connectivity index (χ2v) is 38.8. The van der Waals surface area contributed by atoms with Gasteiger partial charge in [-0.05, 0) is 0 Å². The molecule has 0 bridgehead atoms. The molecule has 1 saturated carbocycles. The van der Waals surface area contributed by atoms with Crippen molar-refractivity contribution in [3.8, 4) is 22.3 Å². The number of hydrogen-bond acceptors (Lipinski definition) is 0. The third-order valence-electron chi connectivity index (χ3n) is 10.7. The molecular formula is C38H38Hf. The van der Waals surface area contributed by atoms with Crippen molar-refractivity contribution < 1.29 is 18.0 Å². The van der Waals surface area contributed by atoms with Gasteiger partial charge in [0, 0.05) is 0 Å². The first kappa shape index (κ1) is 25.1. The molecule has 0 aromatic heterocycles. The van der Waals surface area contributed by atoms with Crippen LogP contribution in [0.3, 0.4) is 0 Å². The van der Waals surface area contributed by atoms with E-state index in [9.17, 15) is 0 Å². The third-order valence-corrected chi connectivity index (χ3v) is 37.9. The van der Waals surface area contributed by atoms with E-state index in [1.54, 1.807) is 11.1 Å². The minimum absolute atomic E-state index is 0.541. The van der Waals surface area contributed by atoms with Gasteiger partial charge in [0.2, 0.25) is 0 Å². The van der Waals surface area contributed by atoms with Crippen molar-refractivity contribution in [1.29, 1.82) is 0 Å². The van der Waals surface area contributed by atoms with Crippen LogP contribution in [0.15, 0.2) is 97.1 Å². The zero-order chi connectivity index (χ0) is 26.8. The second kappa shape index (κ2) is 9.07. The van der Waals surface area contributed by atoms with Crippen LogP contribution in [0.1, 0.15) is 60.0 Å². The zero-order valence-corrected chi connectivity index (χ0v) is 27.3. The molecule has 0 spiro atoms. The van der Waals surface area contributed by atoms with Gasteiger partial charge in [-0.25, -0.2) is 0 Å². The number of rotatable bonds is 4. The fourth-order valence-electron chi connectivity index (χ4n) is 8.22. The van der Waals surface area contributed by atoms with Crippen molar-refractivity contribution in [1.82, 2.24) is 0 Å². The van der Waals surface area contributed by atoms with Crippen LogP contribution in [0.25, 0.3) is 34.4 Å². The fourth-order valence-corrected chi connectivity index (χ4v) is 33.3. The first-order valence-corrected chi connectivity index (χ1v) is 27.8. The van der Waals surface area contributed by atoms with E-state index < -0.39 is 18.0 Å². The minimum atomic E-state index is -3.81. The van der Waals surface area contributed by atoms with Crippen LogP contribution in [0, 0.1) is 13.8 Å². The predicted molar refractivity (Wildman–Crippen MR) is 167 cm³/mol. The Kier molecular flexibility index (Phi) is 5.83. The quantitative estimate of drug-likeness (QED) is 0.189. The molecule has 0 heterocycles. The van der Waals surface area contributed by atoms with Crippen molar-refractivity contribution in [2.45, 2.75) is 49.8 Å². The van der Waals surface area contributed by atoms with Gasteiger partial charge in [0.1, 0.15) is 0 Å². The zero-order valence-electron chi connectivity index (χ0n) is 23.7. The van der Waals surface area contributed by atoms with Crippen LogP contribution >= 0.6 is 0 Å². The Bertz CT molecular complexity index is 1650. The predicted octanol–water partition coefficient (Wildman–Crippen LogP) is 10.6. The molecule has 0 radical (unpaired) electrons. The van der Waals surface area contributed by atoms with E-state index in [0.29, 0.717) is 7.35 Å². The number of allylic oxidation sites excluding steroid dienone is 2. The monoisotopic (exact) mass is 674 g/mol. The van der Waals surface area contributed by atoms with Crippen molar-refractivity contribution in [2.24, 2.45) is 0 Å². The van der Waals surface area contributed by atoms with Crippen LogP contribution in [0.5, 0.6) is 0 Å². The molecule has 3 aliphatic rings. The van der Waals surface area contributed by atoms with E-state index in [0.717, 1.165) is 0 Å². The summed E-state index contributed by atoms with van der Waals surface area (Å²) in [4.78, 5) is 0. The Morgan fingerprint density at radius 3 is 1.38 bits per heavy atom. The molecule has 0 saturated heterocycles. The molecule has 7 rings (SSSR count). The molecule has 3 aliphatic carbocycles. The van der Waals surface area contributed by atoms with Gasteiger partial charge in [-0.3, -0.25) is 0 Å². The van der Waals surface area contributed by atoms with Crippen molar-refractivity contribution in [3.05, 3.63) is 130 Å². The summed E-state index contributed by atoms with van der Waals surface area (Å²) in [5, 5.41) is 0. The Morgan fingerprint density at radius 2 is 0.974 bits per heavy atom. The van der Waals surface area contributed by atoms with Gasteiger partial charge in [-0.1, -0.05) is 0 Å². The van der Waals surface area contributed by atoms with Gasteiger partial charge in [0.15, 0.2) is 0 Å². The van der Waals surface area contributed by atoms with E-state index >= 15 is 0 Å². The van der Waals surface area contributed by atoms with E-state index in [-0.39, 0.29) is 0 Å². The van der Waals surface area contributed by atoms with Crippen LogP contribution in [0.2, 0.25) is 9.36 Å². The molecule has 2 atom stereocenters. The molecule has 0 aliphatic heterocycles. The SMILES string of the molecule is Cc1ccccc1-c1cccc2c1C=C[CH]2[Hf]([CH3])([CH3])(=[C]1CCC1)[CH]1C=Cc2c(-c3ccccc3C)cccc21. The van der Waals surface area contributed by atoms with Crippen LogP contribution < -0.4 is 0 Å². The molecule has 0 nitrogen and oxygen atoms in total. The number of benzene rings is 4. The van der Waals surface area contributed by atoms with E-state index in [2.05, 4.69) is 132 Å². The average Bonchev–Trinajstić information content (AvgIpc) is 3.54. The first-order valence-electron chi connectivity index (χ1n) is 14.7. The van der Waals surface area contributed by atoms with Crippen molar-refractivity contribution >= 4 is 15.4 Å². The molecule has 39 heavy (non-hydrogen) atoms. The molecule has 1 fully saturated rings. The Hall–Kier alpha value is -2.90. The second-order valence-electron chi connectivity index (χ2n) is 13.0. The normalized spacial score (nSPS) is 19.7. The molecule has 4 aromatic carbocycles. The molecule has 0 amide bonds. The van der Waals surface area contributed by atoms with Crippen molar-refractivity contribution in [2.75, 3.05) is 0 Å². The van der Waals surface area contributed by atoms with Gasteiger partial charge < -0.3 is 0 Å². The van der Waals surface area contributed by atoms with E-state index in [1.165, 1.54) is 63.8 Å². The summed E-state index contributed by atoms with van der Waals surface area (Å²) >= 11 is -3.81. The van der Waals surface area contributed by atoms with Gasteiger partial charge in [-0.15, -0.1) is 0 Å². The number of fused-ring (bicyclic) bond motifs is 2. The standard InChI is InChI=1S/2C16H13.C4H6.2CH3.Hf/c2*1-12-6-2-3-9-14(12)16-11-5-8-13-7-4-10-15(13)16;1-2-4-3-1;;;/h2*2-11H,1H3;1-3H2;2*1H3;. The maximum atomic E-state index is 2.81. The molecule has 0 N–H and O–H groups in total. The van der Waals surface area contributed by atoms with Gasteiger partial charge in [0.05, 0.1) is 0 Å². The van der Waals surface area contributed by atoms with Gasteiger partial charge in [-0.2, -0.15) is 0 Å². The summed E-state index contributed by atoms with van der Waals surface area (Å²) < 4.78 is 8.64. The topological polar surface area (TPSA) is 0 Å². The molecule has 194 valence electrons. The molecule has 1 heteroatoms. The number of hydrogen-bond donors (Lipinski definition) is 0. The maximum absolute atomic E-state index is 3.81. The Labute approximate surface area is 234 Å². The summed E-state index contributed by atoms with van der Waals surface area (Å²) in [6.07, 6.45) is 14.2. The third kappa shape index (κ3) is 3.62. The molecular weight excluding hydrogens is 635 g/mol. The summed E-state index contributed by atoms with van der Waals surface area (Å²) in [5.74, 6) is 0. The molecule has 2 unspecified atom stereocenters. The number of aryl methyl sites for hydroxylation is 2. The van der Waals surface area contributed by atoms with Crippen molar-refractivity contribution in [3.63, 3.8) is 0 Å². The van der Waals surface area contributed by atoms with E-state index in [1.807, 2.05) is 3.26 Å². The van der Waals surface area contributed by atoms with Gasteiger partial charge >= 0.3 is 236 Å². The summed E-state index contributed by atoms with van der Waals surface area (Å²) in [6.45, 7) is 4.49. The van der Waals surface area contributed by atoms with Crippen LogP contribution in [-0.4, -0.2) is 3.26 Å². The summed E-state index contributed by atoms with van der Waals surface area (Å²) in [6, 6.07) is 31.9. The van der Waals surface area contributed by atoms with E-state index in [4.69, 9.17) is 0 Å². The Balaban J connectivity index is 1.41. The van der Waals surface area contributed by atoms with Crippen LogP contribution in [0.4, 0.5) is 0 Å². The first-order chi connectivity index (χ1) is 18.9. The Morgan fingerprint density at radius 1 is 0.538 bits per heavy atom. The summed E-state index contributed by atoms with van der Waals surface area (Å²) in [7, 11) is 0. The fraction of sp³-hybridized carbons (Fsp3) is 0.237. The van der Waals surface area contributed by atoms with Gasteiger partial charge in [0.25, 0.3) is 0 Å². The molecule has 4 aromatic rings. The summed E-state index contributed by atoms with van der Waals surface area (Å²) in [5.41, 5.74) is 14.3. The average molecular weight is 673 g/mol. The van der Waals surface area contributed by atoms with Crippen LogP contribution in [-0.2, 0) is 18.0 Å².